The van der Waals surface area contributed by atoms with Crippen molar-refractivity contribution in [2.75, 3.05) is 19.8 Å². The van der Waals surface area contributed by atoms with Crippen LogP contribution in [0.1, 0.15) is 39.0 Å². The number of carbonyl (C=O) groups excluding carboxylic acids is 1. The van der Waals surface area contributed by atoms with Crippen LogP contribution in [-0.2, 0) is 14.3 Å². The number of carbonyl (C=O) groups is 2. The van der Waals surface area contributed by atoms with E-state index in [1.165, 1.54) is 0 Å². The van der Waals surface area contributed by atoms with E-state index in [0.717, 1.165) is 25.7 Å². The summed E-state index contributed by atoms with van der Waals surface area (Å²) in [5.41, 5.74) is 5.98. The summed E-state index contributed by atoms with van der Waals surface area (Å²) in [6.45, 7) is 3.10. The maximum Gasteiger partial charge on any atom is 0.311 e. The van der Waals surface area contributed by atoms with Crippen molar-refractivity contribution >= 4 is 11.9 Å². The predicted molar refractivity (Wildman–Crippen MR) is 77.7 cm³/mol. The fourth-order valence-corrected chi connectivity index (χ4v) is 3.45. The molecule has 0 radical (unpaired) electrons. The first kappa shape index (κ1) is 16.2. The lowest BCUT2D eigenvalue weighted by molar-refractivity contribution is -0.146. The van der Waals surface area contributed by atoms with Gasteiger partial charge in [0.15, 0.2) is 0 Å². The van der Waals surface area contributed by atoms with E-state index >= 15 is 0 Å². The van der Waals surface area contributed by atoms with Gasteiger partial charge in [-0.05, 0) is 25.7 Å². The monoisotopic (exact) mass is 298 g/mol. The molecule has 1 saturated carbocycles. The van der Waals surface area contributed by atoms with Crippen LogP contribution in [0.2, 0.25) is 0 Å². The first-order chi connectivity index (χ1) is 10.0. The normalized spacial score (nSPS) is 32.9. The van der Waals surface area contributed by atoms with E-state index in [4.69, 9.17) is 10.5 Å². The predicted octanol–water partition coefficient (Wildman–Crippen LogP) is 0.842. The lowest BCUT2D eigenvalue weighted by Gasteiger charge is -2.35. The fourth-order valence-electron chi connectivity index (χ4n) is 3.45. The minimum Gasteiger partial charge on any atom is -0.481 e. The number of amides is 1. The van der Waals surface area contributed by atoms with E-state index in [9.17, 15) is 14.7 Å². The number of nitrogens with zero attached hydrogens (tertiary/aromatic N) is 1. The van der Waals surface area contributed by atoms with Gasteiger partial charge >= 0.3 is 5.97 Å². The van der Waals surface area contributed by atoms with Crippen LogP contribution in [0.3, 0.4) is 0 Å². The number of nitrogens with two attached hydrogens (primary N) is 1. The van der Waals surface area contributed by atoms with Crippen LogP contribution in [0.5, 0.6) is 0 Å². The van der Waals surface area contributed by atoms with Crippen LogP contribution in [-0.4, -0.2) is 53.7 Å². The first-order valence-electron chi connectivity index (χ1n) is 7.91. The maximum atomic E-state index is 12.8. The van der Waals surface area contributed by atoms with E-state index in [2.05, 4.69) is 0 Å². The molecule has 6 nitrogen and oxygen atoms in total. The Balaban J connectivity index is 2.10. The van der Waals surface area contributed by atoms with Gasteiger partial charge in [-0.3, -0.25) is 9.59 Å². The van der Waals surface area contributed by atoms with Gasteiger partial charge in [0, 0.05) is 18.5 Å². The number of hydrogen-bond donors (Lipinski definition) is 2. The van der Waals surface area contributed by atoms with E-state index in [1.807, 2.05) is 6.92 Å². The molecular formula is C15H26N2O4. The van der Waals surface area contributed by atoms with Crippen molar-refractivity contribution in [1.82, 2.24) is 4.90 Å². The molecule has 4 unspecified atom stereocenters. The molecule has 3 N–H and O–H groups in total. The number of hydrogen-bond acceptors (Lipinski definition) is 4. The van der Waals surface area contributed by atoms with Crippen molar-refractivity contribution < 1.29 is 19.4 Å². The molecule has 1 heterocycles. The zero-order valence-corrected chi connectivity index (χ0v) is 12.7. The summed E-state index contributed by atoms with van der Waals surface area (Å²) < 4.78 is 5.32. The molecule has 0 spiro atoms. The lowest BCUT2D eigenvalue weighted by atomic mass is 9.84. The van der Waals surface area contributed by atoms with Gasteiger partial charge in [-0.25, -0.2) is 0 Å². The second kappa shape index (κ2) is 7.22. The van der Waals surface area contributed by atoms with Gasteiger partial charge in [0.05, 0.1) is 19.3 Å². The molecule has 21 heavy (non-hydrogen) atoms. The Bertz CT molecular complexity index is 388. The Labute approximate surface area is 125 Å². The third kappa shape index (κ3) is 3.74. The number of aliphatic carboxylic acids is 1. The van der Waals surface area contributed by atoms with Crippen LogP contribution < -0.4 is 5.73 Å². The van der Waals surface area contributed by atoms with Crippen molar-refractivity contribution in [1.29, 1.82) is 0 Å². The standard InChI is InChI=1S/C15H26N2O4/c1-2-6-17(13-9-21-8-12(13)15(19)20)14(18)10-4-3-5-11(16)7-10/h10-13H,2-9,16H2,1H3,(H,19,20). The Kier molecular flexibility index (Phi) is 5.58. The zero-order valence-electron chi connectivity index (χ0n) is 12.7. The lowest BCUT2D eigenvalue weighted by Crippen LogP contribution is -2.50. The molecule has 2 aliphatic rings. The van der Waals surface area contributed by atoms with Crippen molar-refractivity contribution in [3.63, 3.8) is 0 Å². The smallest absolute Gasteiger partial charge is 0.311 e. The average Bonchev–Trinajstić information content (AvgIpc) is 2.93. The fraction of sp³-hybridized carbons (Fsp3) is 0.867. The highest BCUT2D eigenvalue weighted by atomic mass is 16.5. The maximum absolute atomic E-state index is 12.8. The summed E-state index contributed by atoms with van der Waals surface area (Å²) in [7, 11) is 0. The Hall–Kier alpha value is -1.14. The minimum absolute atomic E-state index is 0.0599. The molecule has 1 amide bonds. The molecule has 4 atom stereocenters. The Morgan fingerprint density at radius 2 is 2.10 bits per heavy atom. The minimum atomic E-state index is -0.883. The quantitative estimate of drug-likeness (QED) is 0.784. The molecule has 2 fully saturated rings. The summed E-state index contributed by atoms with van der Waals surface area (Å²) in [5, 5.41) is 9.30. The van der Waals surface area contributed by atoms with Gasteiger partial charge in [0.2, 0.25) is 5.91 Å². The summed E-state index contributed by atoms with van der Waals surface area (Å²) >= 11 is 0. The van der Waals surface area contributed by atoms with Crippen molar-refractivity contribution in [3.05, 3.63) is 0 Å². The number of carboxylic acids is 1. The van der Waals surface area contributed by atoms with Crippen molar-refractivity contribution in [2.45, 2.75) is 51.1 Å². The molecule has 2 rings (SSSR count). The van der Waals surface area contributed by atoms with Crippen LogP contribution in [0.25, 0.3) is 0 Å². The van der Waals surface area contributed by atoms with Crippen LogP contribution in [0.4, 0.5) is 0 Å². The molecule has 120 valence electrons. The van der Waals surface area contributed by atoms with E-state index < -0.39 is 11.9 Å². The number of rotatable bonds is 5. The Morgan fingerprint density at radius 1 is 1.33 bits per heavy atom. The highest BCUT2D eigenvalue weighted by molar-refractivity contribution is 5.81. The molecular weight excluding hydrogens is 272 g/mol. The van der Waals surface area contributed by atoms with E-state index in [1.54, 1.807) is 4.90 Å². The molecule has 0 aromatic carbocycles. The molecule has 6 heteroatoms. The summed E-state index contributed by atoms with van der Waals surface area (Å²) in [4.78, 5) is 25.9. The summed E-state index contributed by atoms with van der Waals surface area (Å²) in [6, 6.07) is -0.251. The zero-order chi connectivity index (χ0) is 15.4. The molecule has 1 aliphatic carbocycles. The average molecular weight is 298 g/mol. The highest BCUT2D eigenvalue weighted by Gasteiger charge is 2.41. The van der Waals surface area contributed by atoms with Gasteiger partial charge in [0.1, 0.15) is 5.92 Å². The molecule has 0 aromatic heterocycles. The second-order valence-electron chi connectivity index (χ2n) is 6.20. The molecule has 1 aliphatic heterocycles. The van der Waals surface area contributed by atoms with Crippen LogP contribution >= 0.6 is 0 Å². The van der Waals surface area contributed by atoms with E-state index in [-0.39, 0.29) is 30.5 Å². The van der Waals surface area contributed by atoms with Gasteiger partial charge in [-0.15, -0.1) is 0 Å². The van der Waals surface area contributed by atoms with Gasteiger partial charge in [0.25, 0.3) is 0 Å². The van der Waals surface area contributed by atoms with Crippen LogP contribution in [0, 0.1) is 11.8 Å². The number of carboxylic acid groups (broad SMARTS) is 1. The third-order valence-electron chi connectivity index (χ3n) is 4.58. The SMILES string of the molecule is CCCN(C(=O)C1CCCC(N)C1)C1COCC1C(=O)O. The topological polar surface area (TPSA) is 92.9 Å². The molecule has 1 saturated heterocycles. The molecule has 0 bridgehead atoms. The highest BCUT2D eigenvalue weighted by Crippen LogP contribution is 2.28. The second-order valence-corrected chi connectivity index (χ2v) is 6.20. The van der Waals surface area contributed by atoms with Crippen molar-refractivity contribution in [3.8, 4) is 0 Å². The van der Waals surface area contributed by atoms with Crippen molar-refractivity contribution in [2.24, 2.45) is 17.6 Å². The largest absolute Gasteiger partial charge is 0.481 e. The van der Waals surface area contributed by atoms with Gasteiger partial charge in [-0.2, -0.15) is 0 Å². The van der Waals surface area contributed by atoms with Gasteiger partial charge < -0.3 is 20.5 Å². The summed E-state index contributed by atoms with van der Waals surface area (Å²) in [6.07, 6.45) is 4.33. The number of ether oxygens (including phenoxy) is 1. The van der Waals surface area contributed by atoms with E-state index in [0.29, 0.717) is 19.6 Å². The first-order valence-corrected chi connectivity index (χ1v) is 7.91. The van der Waals surface area contributed by atoms with Gasteiger partial charge in [-0.1, -0.05) is 13.3 Å². The van der Waals surface area contributed by atoms with Crippen LogP contribution in [0.15, 0.2) is 0 Å². The Morgan fingerprint density at radius 3 is 2.71 bits per heavy atom. The molecule has 0 aromatic rings. The third-order valence-corrected chi connectivity index (χ3v) is 4.58. The summed E-state index contributed by atoms with van der Waals surface area (Å²) in [5.74, 6) is -1.49.